The van der Waals surface area contributed by atoms with Gasteiger partial charge >= 0.3 is 11.9 Å². The van der Waals surface area contributed by atoms with Crippen LogP contribution in [0.5, 0.6) is 0 Å². The Morgan fingerprint density at radius 1 is 1.40 bits per heavy atom. The molecule has 0 aromatic carbocycles. The molecule has 1 unspecified atom stereocenters. The van der Waals surface area contributed by atoms with Crippen LogP contribution in [-0.2, 0) is 19.1 Å². The molecule has 86 valence electrons. The molecule has 1 rings (SSSR count). The highest BCUT2D eigenvalue weighted by atomic mass is 16.6. The lowest BCUT2D eigenvalue weighted by molar-refractivity contribution is -0.168. The van der Waals surface area contributed by atoms with Crippen molar-refractivity contribution in [2.45, 2.75) is 45.6 Å². The van der Waals surface area contributed by atoms with E-state index in [2.05, 4.69) is 0 Å². The van der Waals surface area contributed by atoms with Crippen LogP contribution < -0.4 is 0 Å². The smallest absolute Gasteiger partial charge is 0.320 e. The summed E-state index contributed by atoms with van der Waals surface area (Å²) in [5, 5.41) is 0. The Labute approximate surface area is 89.9 Å². The van der Waals surface area contributed by atoms with Crippen molar-refractivity contribution in [3.8, 4) is 0 Å². The van der Waals surface area contributed by atoms with Gasteiger partial charge in [0.1, 0.15) is 5.60 Å². The van der Waals surface area contributed by atoms with Crippen LogP contribution in [0.15, 0.2) is 0 Å². The fourth-order valence-electron chi connectivity index (χ4n) is 1.43. The summed E-state index contributed by atoms with van der Waals surface area (Å²) >= 11 is 0. The molecule has 0 radical (unpaired) electrons. The number of ether oxygens (including phenoxy) is 2. The van der Waals surface area contributed by atoms with E-state index in [1.165, 1.54) is 0 Å². The van der Waals surface area contributed by atoms with Crippen LogP contribution in [0.4, 0.5) is 0 Å². The van der Waals surface area contributed by atoms with Crippen molar-refractivity contribution >= 4 is 11.9 Å². The van der Waals surface area contributed by atoms with Crippen molar-refractivity contribution < 1.29 is 19.1 Å². The quantitative estimate of drug-likeness (QED) is 0.492. The molecule has 1 saturated heterocycles. The number of carbonyl (C=O) groups excluding carboxylic acids is 2. The van der Waals surface area contributed by atoms with Crippen molar-refractivity contribution in [2.24, 2.45) is 5.92 Å². The van der Waals surface area contributed by atoms with Gasteiger partial charge in [-0.2, -0.15) is 0 Å². The SMILES string of the molecule is CC(C)(C)OC(=O)C1CCCCOC1=O. The molecule has 0 spiro atoms. The second kappa shape index (κ2) is 4.64. The Morgan fingerprint density at radius 3 is 2.67 bits per heavy atom. The van der Waals surface area contributed by atoms with Gasteiger partial charge < -0.3 is 9.47 Å². The molecular weight excluding hydrogens is 196 g/mol. The molecule has 0 saturated carbocycles. The first kappa shape index (κ1) is 12.0. The lowest BCUT2D eigenvalue weighted by Gasteiger charge is -2.22. The van der Waals surface area contributed by atoms with E-state index in [-0.39, 0.29) is 0 Å². The van der Waals surface area contributed by atoms with Gasteiger partial charge in [0.25, 0.3) is 0 Å². The molecule has 1 atom stereocenters. The molecule has 0 aliphatic carbocycles. The van der Waals surface area contributed by atoms with Crippen molar-refractivity contribution in [3.05, 3.63) is 0 Å². The van der Waals surface area contributed by atoms with Crippen molar-refractivity contribution in [1.82, 2.24) is 0 Å². The minimum atomic E-state index is -0.730. The third-order valence-electron chi connectivity index (χ3n) is 2.11. The van der Waals surface area contributed by atoms with Crippen molar-refractivity contribution in [1.29, 1.82) is 0 Å². The summed E-state index contributed by atoms with van der Waals surface area (Å²) < 4.78 is 10.1. The molecule has 1 aliphatic rings. The lowest BCUT2D eigenvalue weighted by atomic mass is 10.0. The predicted molar refractivity (Wildman–Crippen MR) is 54.1 cm³/mol. The van der Waals surface area contributed by atoms with Crippen LogP contribution in [0.1, 0.15) is 40.0 Å². The number of rotatable bonds is 1. The van der Waals surface area contributed by atoms with Gasteiger partial charge in [0, 0.05) is 0 Å². The summed E-state index contributed by atoms with van der Waals surface area (Å²) in [4.78, 5) is 23.1. The zero-order chi connectivity index (χ0) is 11.5. The fraction of sp³-hybridized carbons (Fsp3) is 0.818. The zero-order valence-corrected chi connectivity index (χ0v) is 9.54. The van der Waals surface area contributed by atoms with E-state index in [1.54, 1.807) is 20.8 Å². The number of hydrogen-bond donors (Lipinski definition) is 0. The first-order valence-corrected chi connectivity index (χ1v) is 5.29. The topological polar surface area (TPSA) is 52.6 Å². The van der Waals surface area contributed by atoms with Crippen molar-refractivity contribution in [2.75, 3.05) is 6.61 Å². The van der Waals surface area contributed by atoms with Gasteiger partial charge in [-0.05, 0) is 40.0 Å². The fourth-order valence-corrected chi connectivity index (χ4v) is 1.43. The molecule has 4 nitrogen and oxygen atoms in total. The number of carbonyl (C=O) groups is 2. The minimum Gasteiger partial charge on any atom is -0.465 e. The third-order valence-corrected chi connectivity index (χ3v) is 2.11. The highest BCUT2D eigenvalue weighted by Crippen LogP contribution is 2.20. The first-order valence-electron chi connectivity index (χ1n) is 5.29. The Bertz CT molecular complexity index is 252. The maximum Gasteiger partial charge on any atom is 0.320 e. The summed E-state index contributed by atoms with van der Waals surface area (Å²) in [7, 11) is 0. The van der Waals surface area contributed by atoms with Gasteiger partial charge in [-0.15, -0.1) is 0 Å². The standard InChI is InChI=1S/C11H18O4/c1-11(2,3)15-10(13)8-6-4-5-7-14-9(8)12/h8H,4-7H2,1-3H3. The molecule has 1 heterocycles. The molecule has 0 aromatic rings. The van der Waals surface area contributed by atoms with Gasteiger partial charge in [0.15, 0.2) is 5.92 Å². The molecular formula is C11H18O4. The normalized spacial score (nSPS) is 22.9. The maximum atomic E-state index is 11.7. The van der Waals surface area contributed by atoms with Crippen LogP contribution >= 0.6 is 0 Å². The molecule has 4 heteroatoms. The molecule has 1 fully saturated rings. The van der Waals surface area contributed by atoms with E-state index in [0.29, 0.717) is 13.0 Å². The molecule has 0 N–H and O–H groups in total. The van der Waals surface area contributed by atoms with Gasteiger partial charge in [-0.1, -0.05) is 0 Å². The average Bonchev–Trinajstić information content (AvgIpc) is 2.26. The Kier molecular flexibility index (Phi) is 3.72. The van der Waals surface area contributed by atoms with Crippen LogP contribution in [0.2, 0.25) is 0 Å². The van der Waals surface area contributed by atoms with Crippen LogP contribution in [0, 0.1) is 5.92 Å². The van der Waals surface area contributed by atoms with Crippen LogP contribution in [0.3, 0.4) is 0 Å². The van der Waals surface area contributed by atoms with E-state index in [0.717, 1.165) is 12.8 Å². The summed E-state index contributed by atoms with van der Waals surface area (Å²) in [5.74, 6) is -1.64. The zero-order valence-electron chi connectivity index (χ0n) is 9.54. The second-order valence-electron chi connectivity index (χ2n) is 4.75. The largest absolute Gasteiger partial charge is 0.465 e. The number of esters is 2. The van der Waals surface area contributed by atoms with E-state index < -0.39 is 23.5 Å². The predicted octanol–water partition coefficient (Wildman–Crippen LogP) is 1.67. The number of cyclic esters (lactones) is 1. The monoisotopic (exact) mass is 214 g/mol. The Balaban J connectivity index is 2.60. The molecule has 1 aliphatic heterocycles. The highest BCUT2D eigenvalue weighted by molar-refractivity contribution is 5.95. The van der Waals surface area contributed by atoms with Gasteiger partial charge in [0.05, 0.1) is 6.61 Å². The highest BCUT2D eigenvalue weighted by Gasteiger charge is 2.33. The average molecular weight is 214 g/mol. The van der Waals surface area contributed by atoms with Gasteiger partial charge in [0.2, 0.25) is 0 Å². The van der Waals surface area contributed by atoms with Gasteiger partial charge in [-0.25, -0.2) is 0 Å². The second-order valence-corrected chi connectivity index (χ2v) is 4.75. The lowest BCUT2D eigenvalue weighted by Crippen LogP contribution is -2.33. The van der Waals surface area contributed by atoms with E-state index in [4.69, 9.17) is 9.47 Å². The summed E-state index contributed by atoms with van der Waals surface area (Å²) in [6, 6.07) is 0. The molecule has 0 bridgehead atoms. The van der Waals surface area contributed by atoms with E-state index in [9.17, 15) is 9.59 Å². The number of hydrogen-bond acceptors (Lipinski definition) is 4. The van der Waals surface area contributed by atoms with Crippen LogP contribution in [0.25, 0.3) is 0 Å². The molecule has 0 amide bonds. The van der Waals surface area contributed by atoms with Gasteiger partial charge in [-0.3, -0.25) is 9.59 Å². The minimum absolute atomic E-state index is 0.415. The molecule has 15 heavy (non-hydrogen) atoms. The maximum absolute atomic E-state index is 11.7. The summed E-state index contributed by atoms with van der Waals surface area (Å²) in [5.41, 5.74) is -0.552. The third kappa shape index (κ3) is 3.90. The van der Waals surface area contributed by atoms with Crippen LogP contribution in [-0.4, -0.2) is 24.1 Å². The summed E-state index contributed by atoms with van der Waals surface area (Å²) in [6.45, 7) is 5.77. The Hall–Kier alpha value is -1.06. The Morgan fingerprint density at radius 2 is 2.07 bits per heavy atom. The first-order chi connectivity index (χ1) is 6.90. The molecule has 0 aromatic heterocycles. The van der Waals surface area contributed by atoms with Crippen molar-refractivity contribution in [3.63, 3.8) is 0 Å². The van der Waals surface area contributed by atoms with E-state index in [1.807, 2.05) is 0 Å². The van der Waals surface area contributed by atoms with E-state index >= 15 is 0 Å². The summed E-state index contributed by atoms with van der Waals surface area (Å²) in [6.07, 6.45) is 2.19.